The summed E-state index contributed by atoms with van der Waals surface area (Å²) < 4.78 is 27.2. The van der Waals surface area contributed by atoms with Gasteiger partial charge < -0.3 is 10.6 Å². The Labute approximate surface area is 165 Å². The zero-order valence-electron chi connectivity index (χ0n) is 14.9. The Kier molecular flexibility index (Phi) is 7.44. The highest BCUT2D eigenvalue weighted by molar-refractivity contribution is 6.32. The molecule has 0 aliphatic heterocycles. The van der Waals surface area contributed by atoms with Crippen LogP contribution in [0.1, 0.15) is 12.5 Å². The van der Waals surface area contributed by atoms with Gasteiger partial charge in [-0.3, -0.25) is 14.5 Å². The molecular formula is C19H17ClF2N4O2. The number of anilines is 2. The second-order valence-corrected chi connectivity index (χ2v) is 6.21. The molecule has 6 nitrogen and oxygen atoms in total. The molecule has 9 heteroatoms. The number of halogens is 3. The van der Waals surface area contributed by atoms with Crippen molar-refractivity contribution in [1.29, 1.82) is 5.26 Å². The number of nitrogens with zero attached hydrogens (tertiary/aromatic N) is 2. The first kappa shape index (κ1) is 21.3. The largest absolute Gasteiger partial charge is 0.325 e. The summed E-state index contributed by atoms with van der Waals surface area (Å²) in [6.07, 6.45) is 0. The third kappa shape index (κ3) is 5.74. The van der Waals surface area contributed by atoms with E-state index in [1.807, 2.05) is 6.07 Å². The molecule has 146 valence electrons. The van der Waals surface area contributed by atoms with Gasteiger partial charge in [-0.2, -0.15) is 5.26 Å². The van der Waals surface area contributed by atoms with E-state index >= 15 is 0 Å². The molecule has 0 aliphatic rings. The van der Waals surface area contributed by atoms with E-state index in [0.717, 1.165) is 12.1 Å². The lowest BCUT2D eigenvalue weighted by Crippen LogP contribution is -2.38. The van der Waals surface area contributed by atoms with E-state index in [4.69, 9.17) is 16.9 Å². The Balaban J connectivity index is 1.94. The van der Waals surface area contributed by atoms with Crippen molar-refractivity contribution in [3.05, 3.63) is 58.6 Å². The third-order valence-corrected chi connectivity index (χ3v) is 4.09. The van der Waals surface area contributed by atoms with Crippen molar-refractivity contribution in [2.45, 2.75) is 6.92 Å². The van der Waals surface area contributed by atoms with Crippen LogP contribution in [0.25, 0.3) is 0 Å². The van der Waals surface area contributed by atoms with E-state index < -0.39 is 29.1 Å². The van der Waals surface area contributed by atoms with Crippen LogP contribution in [0, 0.1) is 23.0 Å². The van der Waals surface area contributed by atoms with Gasteiger partial charge in [0.05, 0.1) is 23.7 Å². The predicted octanol–water partition coefficient (Wildman–Crippen LogP) is 3.39. The Morgan fingerprint density at radius 2 is 1.71 bits per heavy atom. The minimum absolute atomic E-state index is 0.124. The summed E-state index contributed by atoms with van der Waals surface area (Å²) in [5, 5.41) is 13.8. The fraction of sp³-hybridized carbons (Fsp3) is 0.211. The first-order valence-corrected chi connectivity index (χ1v) is 8.67. The second-order valence-electron chi connectivity index (χ2n) is 5.80. The van der Waals surface area contributed by atoms with Gasteiger partial charge in [-0.15, -0.1) is 0 Å². The summed E-state index contributed by atoms with van der Waals surface area (Å²) in [4.78, 5) is 25.8. The first-order valence-electron chi connectivity index (χ1n) is 8.29. The second kappa shape index (κ2) is 9.78. The maximum atomic E-state index is 13.6. The van der Waals surface area contributed by atoms with E-state index in [-0.39, 0.29) is 23.7 Å². The Morgan fingerprint density at radius 1 is 1.11 bits per heavy atom. The molecule has 2 N–H and O–H groups in total. The number of para-hydroxylation sites is 1. The topological polar surface area (TPSA) is 85.2 Å². The predicted molar refractivity (Wildman–Crippen MR) is 102 cm³/mol. The van der Waals surface area contributed by atoms with Gasteiger partial charge >= 0.3 is 0 Å². The summed E-state index contributed by atoms with van der Waals surface area (Å²) >= 11 is 5.92. The quantitative estimate of drug-likeness (QED) is 0.738. The minimum atomic E-state index is -0.883. The SMILES string of the molecule is CCN(CC(=O)Nc1ccc(C#N)c(Cl)c1)CC(=O)Nc1c(F)cccc1F. The number of carbonyl (C=O) groups excluding carboxylic acids is 2. The van der Waals surface area contributed by atoms with Crippen LogP contribution in [0.3, 0.4) is 0 Å². The highest BCUT2D eigenvalue weighted by Gasteiger charge is 2.16. The Bertz CT molecular complexity index is 910. The summed E-state index contributed by atoms with van der Waals surface area (Å²) in [7, 11) is 0. The number of amides is 2. The van der Waals surface area contributed by atoms with Gasteiger partial charge in [-0.25, -0.2) is 8.78 Å². The number of likely N-dealkylation sites (N-methyl/N-ethyl adjacent to an activating group) is 1. The van der Waals surface area contributed by atoms with Crippen molar-refractivity contribution < 1.29 is 18.4 Å². The third-order valence-electron chi connectivity index (χ3n) is 3.78. The van der Waals surface area contributed by atoms with Crippen LogP contribution in [0.5, 0.6) is 0 Å². The number of hydrogen-bond acceptors (Lipinski definition) is 4. The number of rotatable bonds is 7. The van der Waals surface area contributed by atoms with Gasteiger partial charge in [-0.1, -0.05) is 24.6 Å². The van der Waals surface area contributed by atoms with Crippen LogP contribution in [0.2, 0.25) is 5.02 Å². The van der Waals surface area contributed by atoms with Crippen molar-refractivity contribution >= 4 is 34.8 Å². The van der Waals surface area contributed by atoms with Gasteiger partial charge in [0.1, 0.15) is 23.4 Å². The summed E-state index contributed by atoms with van der Waals surface area (Å²) in [5.41, 5.74) is 0.162. The molecule has 0 saturated heterocycles. The lowest BCUT2D eigenvalue weighted by atomic mass is 10.2. The van der Waals surface area contributed by atoms with Crippen LogP contribution in [0.4, 0.5) is 20.2 Å². The van der Waals surface area contributed by atoms with Crippen LogP contribution >= 0.6 is 11.6 Å². The number of hydrogen-bond donors (Lipinski definition) is 2. The van der Waals surface area contributed by atoms with Crippen molar-refractivity contribution in [1.82, 2.24) is 4.90 Å². The summed E-state index contributed by atoms with van der Waals surface area (Å²) in [6.45, 7) is 1.74. The molecule has 2 aromatic carbocycles. The first-order chi connectivity index (χ1) is 13.3. The Morgan fingerprint density at radius 3 is 2.25 bits per heavy atom. The average molecular weight is 407 g/mol. The fourth-order valence-corrected chi connectivity index (χ4v) is 2.59. The van der Waals surface area contributed by atoms with Crippen molar-refractivity contribution in [2.75, 3.05) is 30.3 Å². The molecule has 0 bridgehead atoms. The lowest BCUT2D eigenvalue weighted by Gasteiger charge is -2.19. The van der Waals surface area contributed by atoms with E-state index in [2.05, 4.69) is 10.6 Å². The molecule has 0 aromatic heterocycles. The van der Waals surface area contributed by atoms with E-state index in [1.54, 1.807) is 6.92 Å². The van der Waals surface area contributed by atoms with E-state index in [1.165, 1.54) is 29.2 Å². The van der Waals surface area contributed by atoms with Gasteiger partial charge in [0, 0.05) is 5.69 Å². The number of nitrogens with one attached hydrogen (secondary N) is 2. The minimum Gasteiger partial charge on any atom is -0.325 e. The van der Waals surface area contributed by atoms with Crippen molar-refractivity contribution in [2.24, 2.45) is 0 Å². The molecule has 0 fully saturated rings. The van der Waals surface area contributed by atoms with Crippen LogP contribution in [-0.2, 0) is 9.59 Å². The number of benzene rings is 2. The molecular weight excluding hydrogens is 390 g/mol. The van der Waals surface area contributed by atoms with Gasteiger partial charge in [0.25, 0.3) is 0 Å². The molecule has 0 spiro atoms. The molecule has 0 unspecified atom stereocenters. The highest BCUT2D eigenvalue weighted by Crippen LogP contribution is 2.20. The number of nitriles is 1. The molecule has 0 atom stereocenters. The molecule has 2 amide bonds. The van der Waals surface area contributed by atoms with Crippen molar-refractivity contribution in [3.8, 4) is 6.07 Å². The molecule has 28 heavy (non-hydrogen) atoms. The highest BCUT2D eigenvalue weighted by atomic mass is 35.5. The molecule has 2 rings (SSSR count). The summed E-state index contributed by atoms with van der Waals surface area (Å²) in [5.74, 6) is -2.83. The monoisotopic (exact) mass is 406 g/mol. The fourth-order valence-electron chi connectivity index (χ4n) is 2.37. The smallest absolute Gasteiger partial charge is 0.238 e. The van der Waals surface area contributed by atoms with Gasteiger partial charge in [0.2, 0.25) is 11.8 Å². The van der Waals surface area contributed by atoms with Gasteiger partial charge in [-0.05, 0) is 36.9 Å². The van der Waals surface area contributed by atoms with E-state index in [0.29, 0.717) is 12.2 Å². The average Bonchev–Trinajstić information content (AvgIpc) is 2.64. The Hall–Kier alpha value is -3.02. The van der Waals surface area contributed by atoms with Crippen LogP contribution in [0.15, 0.2) is 36.4 Å². The molecule has 2 aromatic rings. The lowest BCUT2D eigenvalue weighted by molar-refractivity contribution is -0.119. The number of carbonyl (C=O) groups is 2. The van der Waals surface area contributed by atoms with Crippen LogP contribution < -0.4 is 10.6 Å². The zero-order chi connectivity index (χ0) is 20.7. The van der Waals surface area contributed by atoms with Gasteiger partial charge in [0.15, 0.2) is 0 Å². The molecule has 0 aliphatic carbocycles. The maximum absolute atomic E-state index is 13.6. The molecule has 0 heterocycles. The molecule has 0 saturated carbocycles. The zero-order valence-corrected chi connectivity index (χ0v) is 15.7. The summed E-state index contributed by atoms with van der Waals surface area (Å²) in [6, 6.07) is 9.64. The maximum Gasteiger partial charge on any atom is 0.238 e. The molecule has 0 radical (unpaired) electrons. The van der Waals surface area contributed by atoms with Crippen molar-refractivity contribution in [3.63, 3.8) is 0 Å². The normalized spacial score (nSPS) is 10.4. The van der Waals surface area contributed by atoms with Crippen LogP contribution in [-0.4, -0.2) is 36.3 Å². The standard InChI is InChI=1S/C19H17ClF2N4O2/c1-2-26(11-18(28)25-19-15(21)4-3-5-16(19)22)10-17(27)24-13-7-6-12(9-23)14(20)8-13/h3-8H,2,10-11H2,1H3,(H,24,27)(H,25,28). The van der Waals surface area contributed by atoms with E-state index in [9.17, 15) is 18.4 Å².